The Hall–Kier alpha value is -14.4. The molecule has 13 heterocycles. The number of nitrogens with one attached hydrogen (secondary N) is 1. The highest BCUT2D eigenvalue weighted by Crippen LogP contribution is 2.35. The average Bonchev–Trinajstić information content (AvgIpc) is 1.41. The first-order valence-corrected chi connectivity index (χ1v) is 37.1. The number of rotatable bonds is 17. The van der Waals surface area contributed by atoms with Crippen LogP contribution in [0.2, 0.25) is 5.02 Å². The number of carbonyl (C=O) groups is 1. The molecule has 1 N–H and O–H groups in total. The Morgan fingerprint density at radius 2 is 1.25 bits per heavy atom. The normalized spacial score (nSPS) is 12.1. The molecule has 19 rings (SSSR count). The summed E-state index contributed by atoms with van der Waals surface area (Å²) in [6.45, 7) is 7.36. The van der Waals surface area contributed by atoms with Crippen molar-refractivity contribution in [3.05, 3.63) is 328 Å². The highest BCUT2D eigenvalue weighted by molar-refractivity contribution is 7.99. The van der Waals surface area contributed by atoms with Crippen LogP contribution >= 0.6 is 23.4 Å². The molecule has 0 radical (unpaired) electrons. The standard InChI is InChI=1S/C26H20ClF2N3O4.C22H17N5O.C20H15N5.C18H12N6S/c1-3-35-21-11-13-32(18-7-4-16(28)5-8-18)26(34)23(21)25(33)31-17-6-9-20(19(29)14-17)36-22-10-12-30-15(2)24(22)27;1-15-7-8-17-19(13-15)23-12-11-20(17)28-14-22-25-24-21-10-9-18(26-27(21)22)16-5-3-2-4-6-16;1-2-15-10-14(3-4-18(15)22-8-1)11-17-13-23-20-6-5-19(24-25(17)20)16-7-9-21-12-16;1-2-12-10-14(3-4-15(12)20-8-1)25-18-22-21-17-6-5-16(23-24(17)18)13-7-9-19-11-13/h4-14H,3H2,1-2H3,(H,31,33);2-13H,14H2,1H3;1-8,10,12-13H,9,11H2;1-8,10-11H,9H2. The number of carbonyl (C=O) groups excluding carboxylic acids is 1. The van der Waals surface area contributed by atoms with Crippen LogP contribution in [0.4, 0.5) is 14.5 Å². The third-order valence-electron chi connectivity index (χ3n) is 18.1. The number of hydrogen-bond acceptors (Lipinski definition) is 20. The number of imidazole rings is 1. The number of fused-ring (bicyclic) bond motifs is 6. The number of ether oxygens (including phenoxy) is 3. The number of nitrogens with zero attached hydrogens (tertiary/aromatic N) is 18. The Bertz CT molecular complexity index is 6510. The number of aromatic nitrogens is 16. The van der Waals surface area contributed by atoms with Crippen LogP contribution in [0.15, 0.2) is 280 Å². The highest BCUT2D eigenvalue weighted by atomic mass is 35.5. The van der Waals surface area contributed by atoms with Gasteiger partial charge >= 0.3 is 0 Å². The first-order chi connectivity index (χ1) is 55.8. The first-order valence-electron chi connectivity index (χ1n) is 35.9. The van der Waals surface area contributed by atoms with E-state index in [1.165, 1.54) is 88.4 Å². The van der Waals surface area contributed by atoms with Gasteiger partial charge in [-0.2, -0.15) is 24.3 Å². The lowest BCUT2D eigenvalue weighted by Crippen LogP contribution is -2.29. The van der Waals surface area contributed by atoms with Crippen molar-refractivity contribution in [3.63, 3.8) is 0 Å². The lowest BCUT2D eigenvalue weighted by Gasteiger charge is -2.14. The van der Waals surface area contributed by atoms with E-state index < -0.39 is 23.1 Å². The molecule has 28 heteroatoms. The largest absolute Gasteiger partial charge is 0.493 e. The second-order valence-electron chi connectivity index (χ2n) is 25.8. The molecule has 0 fully saturated rings. The molecule has 11 aromatic heterocycles. The fourth-order valence-electron chi connectivity index (χ4n) is 12.5. The molecule has 0 bridgehead atoms. The molecule has 2 aliphatic heterocycles. The number of allylic oxidation sites excluding steroid dienone is 2. The SMILES string of the molecule is C1=NCC=C1c1ccc2ncc(Cc3ccc4ncccc4c3)n2n1.C1=NCC=C1c1ccc2nnc(Sc3ccc4ncccc4c3)n2n1.CCOc1ccn(-c2ccc(F)cc2)c(=O)c1C(=O)Nc1ccc(Oc2ccnc(C)c2Cl)c(F)c1.Cc1ccc2c(OCc3nnc4ccc(-c5ccccc5)nn34)ccnc2c1. The lowest BCUT2D eigenvalue weighted by atomic mass is 10.1. The van der Waals surface area contributed by atoms with Crippen molar-refractivity contribution in [3.8, 4) is 39.9 Å². The number of hydrogen-bond donors (Lipinski definition) is 1. The van der Waals surface area contributed by atoms with Gasteiger partial charge in [0.05, 0.1) is 70.9 Å². The fourth-order valence-corrected chi connectivity index (χ4v) is 13.5. The predicted molar refractivity (Wildman–Crippen MR) is 435 cm³/mol. The minimum Gasteiger partial charge on any atom is -0.493 e. The zero-order chi connectivity index (χ0) is 78.0. The van der Waals surface area contributed by atoms with E-state index in [0.717, 1.165) is 118 Å². The molecular formula is C86H64ClF2N19O5S. The summed E-state index contributed by atoms with van der Waals surface area (Å²) in [6, 6.07) is 62.3. The summed E-state index contributed by atoms with van der Waals surface area (Å²) in [4.78, 5) is 57.5. The van der Waals surface area contributed by atoms with E-state index in [2.05, 4.69) is 120 Å². The Balaban J connectivity index is 0.000000116. The van der Waals surface area contributed by atoms with E-state index in [-0.39, 0.29) is 46.7 Å². The quantitative estimate of drug-likeness (QED) is 0.0887. The third-order valence-corrected chi connectivity index (χ3v) is 19.5. The third kappa shape index (κ3) is 16.5. The number of halogens is 3. The van der Waals surface area contributed by atoms with Gasteiger partial charge in [0.25, 0.3) is 11.5 Å². The van der Waals surface area contributed by atoms with Gasteiger partial charge < -0.3 is 19.5 Å². The molecule has 0 unspecified atom stereocenters. The molecule has 114 heavy (non-hydrogen) atoms. The van der Waals surface area contributed by atoms with Crippen LogP contribution in [-0.2, 0) is 13.0 Å². The van der Waals surface area contributed by atoms with Crippen molar-refractivity contribution in [2.24, 2.45) is 9.98 Å². The van der Waals surface area contributed by atoms with Crippen molar-refractivity contribution in [2.75, 3.05) is 25.0 Å². The van der Waals surface area contributed by atoms with Crippen molar-refractivity contribution in [1.82, 2.24) is 78.7 Å². The van der Waals surface area contributed by atoms with Crippen LogP contribution in [0.5, 0.6) is 23.0 Å². The van der Waals surface area contributed by atoms with E-state index >= 15 is 0 Å². The summed E-state index contributed by atoms with van der Waals surface area (Å²) in [6.07, 6.45) is 18.8. The van der Waals surface area contributed by atoms with E-state index in [0.29, 0.717) is 29.4 Å². The Kier molecular flexibility index (Phi) is 21.6. The number of aryl methyl sites for hydroxylation is 2. The predicted octanol–water partition coefficient (Wildman–Crippen LogP) is 16.8. The van der Waals surface area contributed by atoms with Gasteiger partial charge in [-0.3, -0.25) is 44.1 Å². The molecule has 0 saturated carbocycles. The van der Waals surface area contributed by atoms with Crippen LogP contribution in [0.25, 0.3) is 77.7 Å². The van der Waals surface area contributed by atoms with Gasteiger partial charge in [-0.05, 0) is 183 Å². The molecule has 1 amide bonds. The van der Waals surface area contributed by atoms with Gasteiger partial charge in [-0.1, -0.05) is 78.4 Å². The minimum absolute atomic E-state index is 0.0569. The first kappa shape index (κ1) is 73.7. The van der Waals surface area contributed by atoms with Crippen LogP contribution < -0.4 is 25.1 Å². The summed E-state index contributed by atoms with van der Waals surface area (Å²) in [5.74, 6) is -0.458. The molecule has 0 spiro atoms. The molecule has 6 aromatic carbocycles. The molecule has 17 aromatic rings. The number of anilines is 1. The summed E-state index contributed by atoms with van der Waals surface area (Å²) in [7, 11) is 0. The molecule has 2 aliphatic rings. The van der Waals surface area contributed by atoms with Gasteiger partial charge in [0, 0.05) is 111 Å². The van der Waals surface area contributed by atoms with Crippen molar-refractivity contribution >= 4 is 108 Å². The summed E-state index contributed by atoms with van der Waals surface area (Å²) >= 11 is 7.69. The van der Waals surface area contributed by atoms with Gasteiger partial charge in [-0.15, -0.1) is 20.4 Å². The summed E-state index contributed by atoms with van der Waals surface area (Å²) in [5, 5.41) is 37.8. The average molecular weight is 1550 g/mol. The molecular weight excluding hydrogens is 1480 g/mol. The highest BCUT2D eigenvalue weighted by Gasteiger charge is 2.23. The van der Waals surface area contributed by atoms with Gasteiger partial charge in [-0.25, -0.2) is 18.3 Å². The Morgan fingerprint density at radius 1 is 0.570 bits per heavy atom. The smallest absolute Gasteiger partial charge is 0.271 e. The lowest BCUT2D eigenvalue weighted by molar-refractivity contribution is 0.102. The van der Waals surface area contributed by atoms with Crippen LogP contribution in [0, 0.1) is 25.5 Å². The van der Waals surface area contributed by atoms with Crippen LogP contribution in [0.1, 0.15) is 57.0 Å². The Labute approximate surface area is 657 Å². The fraction of sp³-hybridized carbons (Fsp3) is 0.0930. The maximum Gasteiger partial charge on any atom is 0.271 e. The van der Waals surface area contributed by atoms with E-state index in [4.69, 9.17) is 36.0 Å². The van der Waals surface area contributed by atoms with Gasteiger partial charge in [0.2, 0.25) is 5.16 Å². The summed E-state index contributed by atoms with van der Waals surface area (Å²) in [5.41, 5.74) is 14.4. The second-order valence-corrected chi connectivity index (χ2v) is 27.2. The molecule has 0 aliphatic carbocycles. The topological polar surface area (TPSA) is 271 Å². The summed E-state index contributed by atoms with van der Waals surface area (Å²) < 4.78 is 51.8. The van der Waals surface area contributed by atoms with Crippen LogP contribution in [0.3, 0.4) is 0 Å². The zero-order valence-corrected chi connectivity index (χ0v) is 62.6. The van der Waals surface area contributed by atoms with E-state index in [1.807, 2.05) is 145 Å². The number of benzene rings is 6. The van der Waals surface area contributed by atoms with Gasteiger partial charge in [0.15, 0.2) is 34.3 Å². The maximum atomic E-state index is 14.8. The number of aliphatic imine (C=N–C) groups is 2. The van der Waals surface area contributed by atoms with Crippen LogP contribution in [-0.4, -0.2) is 117 Å². The number of pyridine rings is 5. The molecule has 560 valence electrons. The van der Waals surface area contributed by atoms with Crippen molar-refractivity contribution < 1.29 is 27.8 Å². The minimum atomic E-state index is -0.805. The Morgan fingerprint density at radius 3 is 2.00 bits per heavy atom. The monoisotopic (exact) mass is 1550 g/mol. The van der Waals surface area contributed by atoms with Gasteiger partial charge in [0.1, 0.15) is 40.3 Å². The van der Waals surface area contributed by atoms with Crippen molar-refractivity contribution in [1.29, 1.82) is 0 Å². The van der Waals surface area contributed by atoms with E-state index in [1.54, 1.807) is 35.3 Å². The molecule has 24 nitrogen and oxygen atoms in total. The zero-order valence-electron chi connectivity index (χ0n) is 61.1. The number of amides is 1. The maximum absolute atomic E-state index is 14.8. The molecule has 0 saturated heterocycles. The van der Waals surface area contributed by atoms with Crippen molar-refractivity contribution in [2.45, 2.75) is 43.9 Å². The molecule has 0 atom stereocenters. The van der Waals surface area contributed by atoms with E-state index in [9.17, 15) is 18.4 Å². The second kappa shape index (κ2) is 33.4.